The van der Waals surface area contributed by atoms with Crippen molar-refractivity contribution in [1.82, 2.24) is 10.6 Å². The Labute approximate surface area is 169 Å². The van der Waals surface area contributed by atoms with E-state index in [1.807, 2.05) is 0 Å². The molecule has 0 radical (unpaired) electrons. The third kappa shape index (κ3) is 4.48. The lowest BCUT2D eigenvalue weighted by Gasteiger charge is -2.34. The number of rotatable bonds is 5. The molecule has 0 bridgehead atoms. The van der Waals surface area contributed by atoms with Crippen molar-refractivity contribution >= 4 is 12.4 Å². The first kappa shape index (κ1) is 20.2. The second-order valence-electron chi connectivity index (χ2n) is 7.89. The standard InChI is InChI=1S/C23H30N2O.ClH/c1-16(2)19-13-18-10-12-26-23(18)20(14-19)15-25-21-9-6-11-24-22(21)17-7-4-3-5-8-17;/h3-5,7-8,13-14,16,21-22,24-25H,6,9-12,15H2,1-2H3;1H/t21-,22-;/m0./s1. The summed E-state index contributed by atoms with van der Waals surface area (Å²) in [5.74, 6) is 1.68. The van der Waals surface area contributed by atoms with E-state index in [9.17, 15) is 0 Å². The fourth-order valence-corrected chi connectivity index (χ4v) is 4.24. The van der Waals surface area contributed by atoms with Crippen molar-refractivity contribution in [1.29, 1.82) is 0 Å². The zero-order valence-corrected chi connectivity index (χ0v) is 17.1. The summed E-state index contributed by atoms with van der Waals surface area (Å²) in [7, 11) is 0. The minimum absolute atomic E-state index is 0. The van der Waals surface area contributed by atoms with Crippen LogP contribution in [-0.4, -0.2) is 19.2 Å². The van der Waals surface area contributed by atoms with Crippen LogP contribution in [0.15, 0.2) is 42.5 Å². The van der Waals surface area contributed by atoms with Crippen LogP contribution in [0.5, 0.6) is 5.75 Å². The maximum atomic E-state index is 5.96. The number of hydrogen-bond donors (Lipinski definition) is 2. The summed E-state index contributed by atoms with van der Waals surface area (Å²) in [6.45, 7) is 7.33. The van der Waals surface area contributed by atoms with Gasteiger partial charge < -0.3 is 15.4 Å². The number of halogens is 1. The molecule has 0 aromatic heterocycles. The summed E-state index contributed by atoms with van der Waals surface area (Å²) >= 11 is 0. The maximum absolute atomic E-state index is 5.96. The van der Waals surface area contributed by atoms with Gasteiger partial charge in [-0.2, -0.15) is 0 Å². The molecule has 0 amide bonds. The fourth-order valence-electron chi connectivity index (χ4n) is 4.24. The molecule has 3 nitrogen and oxygen atoms in total. The van der Waals surface area contributed by atoms with E-state index in [4.69, 9.17) is 4.74 Å². The van der Waals surface area contributed by atoms with Gasteiger partial charge in [-0.1, -0.05) is 56.3 Å². The van der Waals surface area contributed by atoms with Gasteiger partial charge in [0.2, 0.25) is 0 Å². The SMILES string of the molecule is CC(C)c1cc2c(c(CN[C@H]3CCCN[C@H]3c3ccccc3)c1)OCC2.Cl. The molecule has 0 aliphatic carbocycles. The van der Waals surface area contributed by atoms with E-state index in [2.05, 4.69) is 66.9 Å². The summed E-state index contributed by atoms with van der Waals surface area (Å²) in [6, 6.07) is 16.3. The van der Waals surface area contributed by atoms with E-state index >= 15 is 0 Å². The Morgan fingerprint density at radius 2 is 2.00 bits per heavy atom. The lowest BCUT2D eigenvalue weighted by molar-refractivity contribution is 0.301. The first-order valence-corrected chi connectivity index (χ1v) is 10.0. The number of hydrogen-bond acceptors (Lipinski definition) is 3. The predicted molar refractivity (Wildman–Crippen MR) is 114 cm³/mol. The lowest BCUT2D eigenvalue weighted by atomic mass is 9.91. The van der Waals surface area contributed by atoms with Crippen molar-refractivity contribution in [2.45, 2.75) is 57.7 Å². The molecule has 2 N–H and O–H groups in total. The Bertz CT molecular complexity index is 748. The molecule has 2 aliphatic heterocycles. The van der Waals surface area contributed by atoms with Gasteiger partial charge >= 0.3 is 0 Å². The van der Waals surface area contributed by atoms with Crippen molar-refractivity contribution in [3.8, 4) is 5.75 Å². The van der Waals surface area contributed by atoms with Crippen LogP contribution in [-0.2, 0) is 13.0 Å². The Morgan fingerprint density at radius 3 is 2.78 bits per heavy atom. The molecule has 1 saturated heterocycles. The van der Waals surface area contributed by atoms with Gasteiger partial charge in [0.05, 0.1) is 6.61 Å². The Balaban J connectivity index is 0.00000210. The maximum Gasteiger partial charge on any atom is 0.127 e. The Morgan fingerprint density at radius 1 is 1.19 bits per heavy atom. The van der Waals surface area contributed by atoms with Gasteiger partial charge in [0, 0.05) is 30.6 Å². The van der Waals surface area contributed by atoms with Crippen molar-refractivity contribution < 1.29 is 4.74 Å². The van der Waals surface area contributed by atoms with Crippen LogP contribution in [0.3, 0.4) is 0 Å². The van der Waals surface area contributed by atoms with Gasteiger partial charge in [-0.3, -0.25) is 0 Å². The highest BCUT2D eigenvalue weighted by Crippen LogP contribution is 2.34. The molecule has 146 valence electrons. The summed E-state index contributed by atoms with van der Waals surface area (Å²) in [5, 5.41) is 7.55. The molecule has 0 saturated carbocycles. The number of piperidine rings is 1. The normalized spacial score (nSPS) is 21.4. The van der Waals surface area contributed by atoms with Crippen LogP contribution in [0.25, 0.3) is 0 Å². The average molecular weight is 387 g/mol. The van der Waals surface area contributed by atoms with Crippen LogP contribution in [0.1, 0.15) is 60.9 Å². The topological polar surface area (TPSA) is 33.3 Å². The van der Waals surface area contributed by atoms with Crippen LogP contribution in [0.2, 0.25) is 0 Å². The molecule has 0 unspecified atom stereocenters. The first-order valence-electron chi connectivity index (χ1n) is 10.0. The number of benzene rings is 2. The van der Waals surface area contributed by atoms with Gasteiger partial charge in [-0.05, 0) is 42.0 Å². The summed E-state index contributed by atoms with van der Waals surface area (Å²) < 4.78 is 5.96. The highest BCUT2D eigenvalue weighted by molar-refractivity contribution is 5.85. The minimum Gasteiger partial charge on any atom is -0.493 e. The van der Waals surface area contributed by atoms with E-state index in [0.717, 1.165) is 31.9 Å². The molecule has 2 aromatic rings. The van der Waals surface area contributed by atoms with Gasteiger partial charge in [-0.25, -0.2) is 0 Å². The highest BCUT2D eigenvalue weighted by Gasteiger charge is 2.26. The zero-order chi connectivity index (χ0) is 17.9. The van der Waals surface area contributed by atoms with Gasteiger partial charge in [0.15, 0.2) is 0 Å². The quantitative estimate of drug-likeness (QED) is 0.777. The monoisotopic (exact) mass is 386 g/mol. The van der Waals surface area contributed by atoms with Crippen LogP contribution in [0.4, 0.5) is 0 Å². The van der Waals surface area contributed by atoms with E-state index in [1.165, 1.54) is 35.1 Å². The lowest BCUT2D eigenvalue weighted by Crippen LogP contribution is -2.45. The molecule has 4 heteroatoms. The second kappa shape index (κ2) is 9.09. The number of nitrogens with one attached hydrogen (secondary N) is 2. The third-order valence-electron chi connectivity index (χ3n) is 5.72. The fraction of sp³-hybridized carbons (Fsp3) is 0.478. The second-order valence-corrected chi connectivity index (χ2v) is 7.89. The molecular weight excluding hydrogens is 356 g/mol. The third-order valence-corrected chi connectivity index (χ3v) is 5.72. The van der Waals surface area contributed by atoms with E-state index in [-0.39, 0.29) is 12.4 Å². The predicted octanol–water partition coefficient (Wildman–Crippen LogP) is 4.75. The summed E-state index contributed by atoms with van der Waals surface area (Å²) in [6.07, 6.45) is 3.47. The summed E-state index contributed by atoms with van der Waals surface area (Å²) in [5.41, 5.74) is 5.50. The smallest absolute Gasteiger partial charge is 0.127 e. The van der Waals surface area contributed by atoms with E-state index in [1.54, 1.807) is 0 Å². The van der Waals surface area contributed by atoms with Gasteiger partial charge in [-0.15, -0.1) is 12.4 Å². The minimum atomic E-state index is 0. The van der Waals surface area contributed by atoms with Crippen LogP contribution >= 0.6 is 12.4 Å². The highest BCUT2D eigenvalue weighted by atomic mass is 35.5. The molecule has 2 aromatic carbocycles. The Hall–Kier alpha value is -1.55. The number of fused-ring (bicyclic) bond motifs is 1. The molecular formula is C23H31ClN2O. The summed E-state index contributed by atoms with van der Waals surface area (Å²) in [4.78, 5) is 0. The molecule has 2 heterocycles. The zero-order valence-electron chi connectivity index (χ0n) is 16.3. The van der Waals surface area contributed by atoms with Crippen molar-refractivity contribution in [3.05, 3.63) is 64.7 Å². The molecule has 1 fully saturated rings. The largest absolute Gasteiger partial charge is 0.493 e. The number of ether oxygens (including phenoxy) is 1. The van der Waals surface area contributed by atoms with Crippen molar-refractivity contribution in [2.24, 2.45) is 0 Å². The Kier molecular flexibility index (Phi) is 6.80. The van der Waals surface area contributed by atoms with Crippen LogP contribution < -0.4 is 15.4 Å². The van der Waals surface area contributed by atoms with Crippen molar-refractivity contribution in [2.75, 3.05) is 13.2 Å². The van der Waals surface area contributed by atoms with E-state index in [0.29, 0.717) is 18.0 Å². The van der Waals surface area contributed by atoms with Crippen molar-refractivity contribution in [3.63, 3.8) is 0 Å². The van der Waals surface area contributed by atoms with Gasteiger partial charge in [0.25, 0.3) is 0 Å². The molecule has 2 atom stereocenters. The molecule has 0 spiro atoms. The first-order chi connectivity index (χ1) is 12.7. The van der Waals surface area contributed by atoms with Gasteiger partial charge in [0.1, 0.15) is 5.75 Å². The average Bonchev–Trinajstić information content (AvgIpc) is 3.16. The molecule has 2 aliphatic rings. The van der Waals surface area contributed by atoms with Crippen LogP contribution in [0, 0.1) is 0 Å². The molecule has 27 heavy (non-hydrogen) atoms. The molecule has 4 rings (SSSR count). The van der Waals surface area contributed by atoms with E-state index < -0.39 is 0 Å².